The van der Waals surface area contributed by atoms with E-state index in [1.807, 2.05) is 0 Å². The molecule has 3 aromatic rings. The third-order valence-corrected chi connectivity index (χ3v) is 7.67. The number of likely N-dealkylation sites (tertiary alicyclic amines) is 1. The number of methoxy groups -OCH3 is 1. The lowest BCUT2D eigenvalue weighted by molar-refractivity contribution is 0.0843. The van der Waals surface area contributed by atoms with Gasteiger partial charge in [0.05, 0.1) is 7.11 Å². The largest absolute Gasteiger partial charge is 0.497 e. The van der Waals surface area contributed by atoms with Gasteiger partial charge < -0.3 is 14.2 Å². The van der Waals surface area contributed by atoms with Crippen molar-refractivity contribution in [1.82, 2.24) is 9.47 Å². The summed E-state index contributed by atoms with van der Waals surface area (Å²) in [6.07, 6.45) is 3.54. The Morgan fingerprint density at radius 3 is 2.72 bits per heavy atom. The summed E-state index contributed by atoms with van der Waals surface area (Å²) in [5.41, 5.74) is 6.25. The van der Waals surface area contributed by atoms with Crippen LogP contribution in [0.4, 0.5) is 0 Å². The fourth-order valence-electron chi connectivity index (χ4n) is 6.10. The quantitative estimate of drug-likeness (QED) is 0.622. The lowest BCUT2D eigenvalue weighted by atomic mass is 9.58. The maximum Gasteiger partial charge on any atom is 0.119 e. The second kappa shape index (κ2) is 7.21. The Morgan fingerprint density at radius 2 is 1.93 bits per heavy atom. The van der Waals surface area contributed by atoms with Crippen LogP contribution in [0.15, 0.2) is 48.5 Å². The van der Waals surface area contributed by atoms with E-state index >= 15 is 0 Å². The highest BCUT2D eigenvalue weighted by Gasteiger charge is 2.48. The van der Waals surface area contributed by atoms with E-state index in [4.69, 9.17) is 4.74 Å². The van der Waals surface area contributed by atoms with E-state index in [-0.39, 0.29) is 5.41 Å². The van der Waals surface area contributed by atoms with Crippen LogP contribution in [-0.4, -0.2) is 36.2 Å². The summed E-state index contributed by atoms with van der Waals surface area (Å²) in [6.45, 7) is 9.15. The number of para-hydroxylation sites is 1. The monoisotopic (exact) mass is 388 g/mol. The van der Waals surface area contributed by atoms with Crippen molar-refractivity contribution in [2.75, 3.05) is 26.7 Å². The van der Waals surface area contributed by atoms with Gasteiger partial charge in [-0.3, -0.25) is 0 Å². The molecule has 152 valence electrons. The molecule has 1 saturated heterocycles. The minimum absolute atomic E-state index is 0.203. The number of aryl methyl sites for hydroxylation is 1. The molecule has 1 fully saturated rings. The average molecular weight is 389 g/mol. The molecule has 3 heteroatoms. The molecule has 0 bridgehead atoms. The Hall–Kier alpha value is -2.26. The van der Waals surface area contributed by atoms with Gasteiger partial charge >= 0.3 is 0 Å². The van der Waals surface area contributed by atoms with Gasteiger partial charge in [-0.05, 0) is 74.5 Å². The molecular weight excluding hydrogens is 356 g/mol. The standard InChI is InChI=1S/C26H32N2O/c1-4-27-14-13-26(19-9-8-10-21(15-19)29-3)17-25-23(16-20(26)18-27)22-11-6-7-12-24(22)28(25)5-2/h6-12,15,20H,4-5,13-14,16-18H2,1-3H3. The van der Waals surface area contributed by atoms with Gasteiger partial charge in [-0.2, -0.15) is 0 Å². The molecule has 2 unspecified atom stereocenters. The first-order chi connectivity index (χ1) is 14.2. The van der Waals surface area contributed by atoms with Gasteiger partial charge in [0.1, 0.15) is 5.75 Å². The van der Waals surface area contributed by atoms with E-state index < -0.39 is 0 Å². The van der Waals surface area contributed by atoms with Crippen molar-refractivity contribution in [3.63, 3.8) is 0 Å². The summed E-state index contributed by atoms with van der Waals surface area (Å²) in [7, 11) is 1.78. The summed E-state index contributed by atoms with van der Waals surface area (Å²) >= 11 is 0. The van der Waals surface area contributed by atoms with Gasteiger partial charge in [0.15, 0.2) is 0 Å². The highest BCUT2D eigenvalue weighted by molar-refractivity contribution is 5.86. The lowest BCUT2D eigenvalue weighted by Gasteiger charge is -2.51. The van der Waals surface area contributed by atoms with Crippen molar-refractivity contribution in [3.05, 3.63) is 65.4 Å². The normalized spacial score (nSPS) is 24.3. The number of benzene rings is 2. The molecule has 29 heavy (non-hydrogen) atoms. The maximum atomic E-state index is 5.61. The molecule has 2 aromatic carbocycles. The molecular formula is C26H32N2O. The van der Waals surface area contributed by atoms with Crippen molar-refractivity contribution in [1.29, 1.82) is 0 Å². The minimum atomic E-state index is 0.203. The highest BCUT2D eigenvalue weighted by atomic mass is 16.5. The number of hydrogen-bond acceptors (Lipinski definition) is 2. The van der Waals surface area contributed by atoms with Crippen LogP contribution in [-0.2, 0) is 24.8 Å². The summed E-state index contributed by atoms with van der Waals surface area (Å²) in [4.78, 5) is 2.65. The molecule has 0 amide bonds. The molecule has 1 aliphatic heterocycles. The van der Waals surface area contributed by atoms with E-state index in [0.717, 1.165) is 25.3 Å². The lowest BCUT2D eigenvalue weighted by Crippen LogP contribution is -2.53. The van der Waals surface area contributed by atoms with E-state index in [9.17, 15) is 0 Å². The number of rotatable bonds is 4. The maximum absolute atomic E-state index is 5.61. The van der Waals surface area contributed by atoms with Crippen LogP contribution in [0.1, 0.15) is 37.1 Å². The zero-order valence-corrected chi connectivity index (χ0v) is 17.9. The first-order valence-corrected chi connectivity index (χ1v) is 11.2. The third kappa shape index (κ3) is 2.82. The molecule has 2 atom stereocenters. The van der Waals surface area contributed by atoms with Gasteiger partial charge in [0.25, 0.3) is 0 Å². The van der Waals surface area contributed by atoms with Crippen molar-refractivity contribution in [3.8, 4) is 5.75 Å². The topological polar surface area (TPSA) is 17.4 Å². The van der Waals surface area contributed by atoms with Gasteiger partial charge in [-0.25, -0.2) is 0 Å². The third-order valence-electron chi connectivity index (χ3n) is 7.67. The number of aromatic nitrogens is 1. The van der Waals surface area contributed by atoms with Crippen molar-refractivity contribution in [2.45, 2.75) is 45.1 Å². The minimum Gasteiger partial charge on any atom is -0.497 e. The molecule has 1 aliphatic carbocycles. The predicted octanol–water partition coefficient (Wildman–Crippen LogP) is 5.05. The average Bonchev–Trinajstić information content (AvgIpc) is 3.09. The molecule has 0 radical (unpaired) electrons. The Labute approximate surface area is 174 Å². The van der Waals surface area contributed by atoms with E-state index in [0.29, 0.717) is 5.92 Å². The van der Waals surface area contributed by atoms with Crippen LogP contribution in [0.2, 0.25) is 0 Å². The first-order valence-electron chi connectivity index (χ1n) is 11.2. The zero-order chi connectivity index (χ0) is 20.0. The summed E-state index contributed by atoms with van der Waals surface area (Å²) in [5, 5.41) is 1.47. The molecule has 1 aromatic heterocycles. The smallest absolute Gasteiger partial charge is 0.119 e. The van der Waals surface area contributed by atoms with E-state index in [1.54, 1.807) is 18.4 Å². The van der Waals surface area contributed by atoms with Crippen LogP contribution in [0.3, 0.4) is 0 Å². The molecule has 0 spiro atoms. The Kier molecular flexibility index (Phi) is 4.66. The number of hydrogen-bond donors (Lipinski definition) is 0. The number of fused-ring (bicyclic) bond motifs is 4. The predicted molar refractivity (Wildman–Crippen MR) is 120 cm³/mol. The summed E-state index contributed by atoms with van der Waals surface area (Å²) in [6, 6.07) is 17.9. The molecule has 2 aliphatic rings. The van der Waals surface area contributed by atoms with Crippen LogP contribution in [0.5, 0.6) is 5.75 Å². The molecule has 0 saturated carbocycles. The Morgan fingerprint density at radius 1 is 1.07 bits per heavy atom. The molecule has 0 N–H and O–H groups in total. The second-order valence-corrected chi connectivity index (χ2v) is 8.80. The highest BCUT2D eigenvalue weighted by Crippen LogP contribution is 2.50. The van der Waals surface area contributed by atoms with Crippen LogP contribution in [0.25, 0.3) is 10.9 Å². The SMILES string of the molecule is CCN1CCC2(c3cccc(OC)c3)Cc3c(c4ccccc4n3CC)CC2C1. The molecule has 3 nitrogen and oxygen atoms in total. The fourth-order valence-corrected chi connectivity index (χ4v) is 6.10. The zero-order valence-electron chi connectivity index (χ0n) is 17.9. The summed E-state index contributed by atoms with van der Waals surface area (Å²) < 4.78 is 8.19. The van der Waals surface area contributed by atoms with Crippen LogP contribution in [0, 0.1) is 5.92 Å². The number of ether oxygens (including phenoxy) is 1. The van der Waals surface area contributed by atoms with Gasteiger partial charge in [-0.15, -0.1) is 0 Å². The first kappa shape index (κ1) is 18.7. The van der Waals surface area contributed by atoms with Crippen molar-refractivity contribution in [2.24, 2.45) is 5.92 Å². The Bertz CT molecular complexity index is 1040. The summed E-state index contributed by atoms with van der Waals surface area (Å²) in [5.74, 6) is 1.63. The second-order valence-electron chi connectivity index (χ2n) is 8.80. The van der Waals surface area contributed by atoms with Crippen molar-refractivity contribution < 1.29 is 4.74 Å². The van der Waals surface area contributed by atoms with Crippen molar-refractivity contribution >= 4 is 10.9 Å². The number of piperidine rings is 1. The number of nitrogens with zero attached hydrogens (tertiary/aromatic N) is 2. The van der Waals surface area contributed by atoms with Gasteiger partial charge in [0, 0.05) is 35.1 Å². The van der Waals surface area contributed by atoms with Gasteiger partial charge in [-0.1, -0.05) is 37.3 Å². The molecule has 5 rings (SSSR count). The van der Waals surface area contributed by atoms with E-state index in [2.05, 4.69) is 71.8 Å². The van der Waals surface area contributed by atoms with Crippen LogP contribution >= 0.6 is 0 Å². The van der Waals surface area contributed by atoms with Crippen LogP contribution < -0.4 is 4.74 Å². The van der Waals surface area contributed by atoms with Gasteiger partial charge in [0.2, 0.25) is 0 Å². The fraction of sp³-hybridized carbons (Fsp3) is 0.462. The molecule has 2 heterocycles. The Balaban J connectivity index is 1.69. The van der Waals surface area contributed by atoms with E-state index in [1.165, 1.54) is 42.4 Å².